The molecule has 0 aliphatic carbocycles. The van der Waals surface area contributed by atoms with Gasteiger partial charge in [0.1, 0.15) is 5.60 Å². The molecule has 0 aromatic heterocycles. The maximum atomic E-state index is 11.8. The molecule has 88 valence electrons. The number of hydrogen-bond donors (Lipinski definition) is 1. The van der Waals surface area contributed by atoms with Crippen LogP contribution in [-0.2, 0) is 4.74 Å². The van der Waals surface area contributed by atoms with Gasteiger partial charge in [0, 0.05) is 12.6 Å². The summed E-state index contributed by atoms with van der Waals surface area (Å²) in [6.07, 6.45) is 0.765. The largest absolute Gasteiger partial charge is 0.444 e. The summed E-state index contributed by atoms with van der Waals surface area (Å²) in [6.45, 7) is 9.06. The summed E-state index contributed by atoms with van der Waals surface area (Å²) in [5.41, 5.74) is 5.19. The fourth-order valence-corrected chi connectivity index (χ4v) is 1.89. The topological polar surface area (TPSA) is 55.6 Å². The van der Waals surface area contributed by atoms with E-state index in [0.29, 0.717) is 12.5 Å². The van der Waals surface area contributed by atoms with Gasteiger partial charge in [-0.25, -0.2) is 4.79 Å². The van der Waals surface area contributed by atoms with Crippen molar-refractivity contribution < 1.29 is 9.53 Å². The zero-order chi connectivity index (χ0) is 11.6. The van der Waals surface area contributed by atoms with E-state index < -0.39 is 5.60 Å². The van der Waals surface area contributed by atoms with Gasteiger partial charge in [-0.1, -0.05) is 0 Å². The molecule has 1 saturated heterocycles. The molecule has 4 nitrogen and oxygen atoms in total. The first kappa shape index (κ1) is 12.3. The lowest BCUT2D eigenvalue weighted by Crippen LogP contribution is -2.39. The highest BCUT2D eigenvalue weighted by Gasteiger charge is 2.34. The van der Waals surface area contributed by atoms with Crippen LogP contribution >= 0.6 is 0 Å². The molecule has 0 spiro atoms. The van der Waals surface area contributed by atoms with Gasteiger partial charge in [0.2, 0.25) is 0 Å². The Morgan fingerprint density at radius 2 is 2.13 bits per heavy atom. The van der Waals surface area contributed by atoms with E-state index in [-0.39, 0.29) is 12.1 Å². The molecule has 2 N–H and O–H groups in total. The van der Waals surface area contributed by atoms with Crippen molar-refractivity contribution in [3.63, 3.8) is 0 Å². The Bertz CT molecular complexity index is 235. The van der Waals surface area contributed by atoms with Crippen LogP contribution in [0.5, 0.6) is 0 Å². The second kappa shape index (κ2) is 4.39. The number of nitrogens with two attached hydrogens (primary N) is 1. The van der Waals surface area contributed by atoms with Crippen molar-refractivity contribution in [3.8, 4) is 0 Å². The van der Waals surface area contributed by atoms with E-state index in [9.17, 15) is 4.79 Å². The minimum absolute atomic E-state index is 0.217. The number of likely N-dealkylation sites (tertiary alicyclic amines) is 1. The van der Waals surface area contributed by atoms with Gasteiger partial charge in [0.15, 0.2) is 0 Å². The van der Waals surface area contributed by atoms with Gasteiger partial charge in [0.25, 0.3) is 0 Å². The molecule has 1 aliphatic rings. The third kappa shape index (κ3) is 3.38. The van der Waals surface area contributed by atoms with Crippen molar-refractivity contribution in [2.45, 2.75) is 45.8 Å². The van der Waals surface area contributed by atoms with Crippen molar-refractivity contribution in [1.29, 1.82) is 0 Å². The van der Waals surface area contributed by atoms with Gasteiger partial charge in [-0.15, -0.1) is 0 Å². The number of carbonyl (C=O) groups excluding carboxylic acids is 1. The average Bonchev–Trinajstić information content (AvgIpc) is 2.43. The van der Waals surface area contributed by atoms with Crippen LogP contribution in [0.1, 0.15) is 34.1 Å². The lowest BCUT2D eigenvalue weighted by atomic mass is 10.1. The number of ether oxygens (including phenoxy) is 1. The predicted octanol–water partition coefficient (Wildman–Crippen LogP) is 1.59. The number of nitrogens with zero attached hydrogens (tertiary/aromatic N) is 1. The molecular formula is C11H22N2O2. The van der Waals surface area contributed by atoms with Crippen molar-refractivity contribution in [2.75, 3.05) is 13.1 Å². The summed E-state index contributed by atoms with van der Waals surface area (Å²) in [5, 5.41) is 0. The standard InChI is InChI=1S/C11H22N2O2/c1-8-5-9(6-12)7-13(8)10(14)15-11(2,3)4/h8-9H,5-7,12H2,1-4H3/t8-,9+/m1/s1. The van der Waals surface area contributed by atoms with Gasteiger partial charge in [-0.2, -0.15) is 0 Å². The Balaban J connectivity index is 2.54. The van der Waals surface area contributed by atoms with Gasteiger partial charge < -0.3 is 15.4 Å². The first-order valence-corrected chi connectivity index (χ1v) is 5.53. The van der Waals surface area contributed by atoms with Gasteiger partial charge in [-0.3, -0.25) is 0 Å². The zero-order valence-electron chi connectivity index (χ0n) is 10.1. The summed E-state index contributed by atoms with van der Waals surface area (Å²) in [5.74, 6) is 0.424. The van der Waals surface area contributed by atoms with Crippen molar-refractivity contribution in [2.24, 2.45) is 11.7 Å². The third-order valence-electron chi connectivity index (χ3n) is 2.62. The normalized spacial score (nSPS) is 26.9. The maximum absolute atomic E-state index is 11.8. The molecule has 1 rings (SSSR count). The number of hydrogen-bond acceptors (Lipinski definition) is 3. The van der Waals surface area contributed by atoms with Crippen LogP contribution in [0, 0.1) is 5.92 Å². The van der Waals surface area contributed by atoms with Gasteiger partial charge in [-0.05, 0) is 46.6 Å². The van der Waals surface area contributed by atoms with E-state index in [1.807, 2.05) is 27.7 Å². The van der Waals surface area contributed by atoms with E-state index in [0.717, 1.165) is 13.0 Å². The third-order valence-corrected chi connectivity index (χ3v) is 2.62. The number of carbonyl (C=O) groups is 1. The minimum Gasteiger partial charge on any atom is -0.444 e. The Hall–Kier alpha value is -0.770. The van der Waals surface area contributed by atoms with Crippen LogP contribution in [0.4, 0.5) is 4.79 Å². The molecular weight excluding hydrogens is 192 g/mol. The second-order valence-corrected chi connectivity index (χ2v) is 5.32. The lowest BCUT2D eigenvalue weighted by molar-refractivity contribution is 0.0234. The van der Waals surface area contributed by atoms with Crippen molar-refractivity contribution >= 4 is 6.09 Å². The highest BCUT2D eigenvalue weighted by Crippen LogP contribution is 2.24. The van der Waals surface area contributed by atoms with Crippen LogP contribution in [0.2, 0.25) is 0 Å². The first-order chi connectivity index (χ1) is 6.83. The summed E-state index contributed by atoms with van der Waals surface area (Å²) < 4.78 is 5.33. The van der Waals surface area contributed by atoms with Gasteiger partial charge in [0.05, 0.1) is 0 Å². The van der Waals surface area contributed by atoms with Gasteiger partial charge >= 0.3 is 6.09 Å². The summed E-state index contributed by atoms with van der Waals surface area (Å²) in [6, 6.07) is 0.244. The highest BCUT2D eigenvalue weighted by molar-refractivity contribution is 5.68. The zero-order valence-corrected chi connectivity index (χ0v) is 10.1. The molecule has 1 heterocycles. The minimum atomic E-state index is -0.419. The Morgan fingerprint density at radius 3 is 2.53 bits per heavy atom. The van der Waals surface area contributed by atoms with Crippen LogP contribution in [0.25, 0.3) is 0 Å². The molecule has 1 amide bonds. The number of rotatable bonds is 1. The lowest BCUT2D eigenvalue weighted by Gasteiger charge is -2.27. The molecule has 4 heteroatoms. The molecule has 0 aromatic carbocycles. The van der Waals surface area contributed by atoms with Crippen LogP contribution < -0.4 is 5.73 Å². The van der Waals surface area contributed by atoms with Crippen LogP contribution in [0.3, 0.4) is 0 Å². The second-order valence-electron chi connectivity index (χ2n) is 5.32. The average molecular weight is 214 g/mol. The van der Waals surface area contributed by atoms with Crippen LogP contribution in [-0.4, -0.2) is 35.7 Å². The molecule has 1 aliphatic heterocycles. The van der Waals surface area contributed by atoms with E-state index in [2.05, 4.69) is 0 Å². The maximum Gasteiger partial charge on any atom is 0.410 e. The molecule has 0 aromatic rings. The van der Waals surface area contributed by atoms with E-state index in [4.69, 9.17) is 10.5 Å². The summed E-state index contributed by atoms with van der Waals surface area (Å²) in [4.78, 5) is 13.6. The number of amides is 1. The molecule has 0 radical (unpaired) electrons. The molecule has 1 fully saturated rings. The first-order valence-electron chi connectivity index (χ1n) is 5.53. The Labute approximate surface area is 91.8 Å². The van der Waals surface area contributed by atoms with Crippen molar-refractivity contribution in [1.82, 2.24) is 4.90 Å². The fourth-order valence-electron chi connectivity index (χ4n) is 1.89. The Morgan fingerprint density at radius 1 is 1.53 bits per heavy atom. The predicted molar refractivity (Wildman–Crippen MR) is 59.6 cm³/mol. The van der Waals surface area contributed by atoms with Crippen molar-refractivity contribution in [3.05, 3.63) is 0 Å². The quantitative estimate of drug-likeness (QED) is 0.721. The van der Waals surface area contributed by atoms with E-state index >= 15 is 0 Å². The SMILES string of the molecule is C[C@@H]1C[C@@H](CN)CN1C(=O)OC(C)(C)C. The van der Waals surface area contributed by atoms with E-state index in [1.54, 1.807) is 4.90 Å². The molecule has 0 unspecified atom stereocenters. The Kier molecular flexibility index (Phi) is 3.60. The molecule has 0 saturated carbocycles. The fraction of sp³-hybridized carbons (Fsp3) is 0.909. The monoisotopic (exact) mass is 214 g/mol. The highest BCUT2D eigenvalue weighted by atomic mass is 16.6. The summed E-state index contributed by atoms with van der Waals surface area (Å²) >= 11 is 0. The smallest absolute Gasteiger partial charge is 0.410 e. The summed E-state index contributed by atoms with van der Waals surface area (Å²) in [7, 11) is 0. The molecule has 0 bridgehead atoms. The van der Waals surface area contributed by atoms with E-state index in [1.165, 1.54) is 0 Å². The van der Waals surface area contributed by atoms with Crippen LogP contribution in [0.15, 0.2) is 0 Å². The molecule has 2 atom stereocenters. The molecule has 15 heavy (non-hydrogen) atoms.